The van der Waals surface area contributed by atoms with Crippen LogP contribution in [-0.2, 0) is 0 Å². The zero-order valence-electron chi connectivity index (χ0n) is 8.20. The molecule has 0 unspecified atom stereocenters. The molecule has 0 amide bonds. The number of aromatic amines is 1. The topological polar surface area (TPSA) is 67.8 Å². The van der Waals surface area contributed by atoms with Gasteiger partial charge in [0.05, 0.1) is 5.52 Å². The van der Waals surface area contributed by atoms with E-state index in [4.69, 9.17) is 10.3 Å². The van der Waals surface area contributed by atoms with E-state index in [9.17, 15) is 0 Å². The van der Waals surface area contributed by atoms with Crippen molar-refractivity contribution < 1.29 is 4.52 Å². The molecule has 0 radical (unpaired) electrons. The largest absolute Gasteiger partial charge is 0.381 e. The van der Waals surface area contributed by atoms with Crippen molar-refractivity contribution >= 4 is 32.7 Å². The van der Waals surface area contributed by atoms with Crippen molar-refractivity contribution in [1.82, 2.24) is 10.1 Å². The first-order chi connectivity index (χ1) is 7.75. The summed E-state index contributed by atoms with van der Waals surface area (Å²) in [5, 5.41) is 4.79. The standard InChI is InChI=1S/C11H8BrN3O/c12-8-5-14-11-6(8)2-1-3-7(11)9-4-10(13)15-16-9/h1-5,14H,(H2,13,15). The van der Waals surface area contributed by atoms with Gasteiger partial charge in [0.1, 0.15) is 0 Å². The molecule has 0 fully saturated rings. The van der Waals surface area contributed by atoms with Gasteiger partial charge in [-0.15, -0.1) is 0 Å². The third-order valence-electron chi connectivity index (χ3n) is 2.46. The molecule has 0 aliphatic carbocycles. The Morgan fingerprint density at radius 2 is 2.25 bits per heavy atom. The van der Waals surface area contributed by atoms with Crippen molar-refractivity contribution in [2.75, 3.05) is 5.73 Å². The molecule has 16 heavy (non-hydrogen) atoms. The molecule has 3 rings (SSSR count). The second-order valence-electron chi connectivity index (χ2n) is 3.48. The molecule has 0 aliphatic rings. The Labute approximate surface area is 99.6 Å². The lowest BCUT2D eigenvalue weighted by molar-refractivity contribution is 0.436. The highest BCUT2D eigenvalue weighted by Gasteiger charge is 2.11. The molecule has 3 N–H and O–H groups in total. The normalized spacial score (nSPS) is 11.1. The Kier molecular flexibility index (Phi) is 2.00. The Balaban J connectivity index is 2.31. The highest BCUT2D eigenvalue weighted by Crippen LogP contribution is 2.32. The molecule has 1 aromatic carbocycles. The van der Waals surface area contributed by atoms with Gasteiger partial charge in [-0.3, -0.25) is 0 Å². The van der Waals surface area contributed by atoms with E-state index in [-0.39, 0.29) is 0 Å². The van der Waals surface area contributed by atoms with Crippen LogP contribution in [0.2, 0.25) is 0 Å². The molecule has 0 aliphatic heterocycles. The number of nitrogen functional groups attached to an aromatic ring is 1. The fourth-order valence-electron chi connectivity index (χ4n) is 1.74. The van der Waals surface area contributed by atoms with Crippen LogP contribution in [0.1, 0.15) is 0 Å². The second-order valence-corrected chi connectivity index (χ2v) is 4.34. The van der Waals surface area contributed by atoms with Crippen LogP contribution in [0.3, 0.4) is 0 Å². The summed E-state index contributed by atoms with van der Waals surface area (Å²) >= 11 is 3.48. The summed E-state index contributed by atoms with van der Waals surface area (Å²) in [7, 11) is 0. The number of nitrogens with zero attached hydrogens (tertiary/aromatic N) is 1. The molecule has 0 saturated carbocycles. The number of nitrogens with one attached hydrogen (secondary N) is 1. The lowest BCUT2D eigenvalue weighted by atomic mass is 10.1. The number of hydrogen-bond donors (Lipinski definition) is 2. The number of halogens is 1. The number of hydrogen-bond acceptors (Lipinski definition) is 3. The molecule has 0 saturated heterocycles. The van der Waals surface area contributed by atoms with Gasteiger partial charge in [-0.25, -0.2) is 0 Å². The van der Waals surface area contributed by atoms with Crippen molar-refractivity contribution in [3.05, 3.63) is 34.9 Å². The van der Waals surface area contributed by atoms with Crippen LogP contribution in [-0.4, -0.2) is 10.1 Å². The molecule has 2 heterocycles. The van der Waals surface area contributed by atoms with Gasteiger partial charge in [-0.05, 0) is 22.0 Å². The van der Waals surface area contributed by atoms with Crippen LogP contribution in [0.4, 0.5) is 5.82 Å². The van der Waals surface area contributed by atoms with Crippen LogP contribution < -0.4 is 5.73 Å². The highest BCUT2D eigenvalue weighted by atomic mass is 79.9. The quantitative estimate of drug-likeness (QED) is 0.718. The van der Waals surface area contributed by atoms with E-state index in [1.54, 1.807) is 6.07 Å². The molecule has 0 bridgehead atoms. The molecule has 5 heteroatoms. The van der Waals surface area contributed by atoms with Crippen molar-refractivity contribution in [3.63, 3.8) is 0 Å². The first-order valence-electron chi connectivity index (χ1n) is 4.74. The summed E-state index contributed by atoms with van der Waals surface area (Å²) in [6, 6.07) is 7.67. The van der Waals surface area contributed by atoms with E-state index in [1.807, 2.05) is 24.4 Å². The number of anilines is 1. The van der Waals surface area contributed by atoms with Gasteiger partial charge >= 0.3 is 0 Å². The summed E-state index contributed by atoms with van der Waals surface area (Å²) in [6.07, 6.45) is 1.90. The minimum atomic E-state index is 0.387. The number of H-pyrrole nitrogens is 1. The van der Waals surface area contributed by atoms with E-state index in [1.165, 1.54) is 0 Å². The molecular formula is C11H8BrN3O. The molecule has 0 atom stereocenters. The fraction of sp³-hybridized carbons (Fsp3) is 0. The number of rotatable bonds is 1. The zero-order valence-corrected chi connectivity index (χ0v) is 9.78. The van der Waals surface area contributed by atoms with Gasteiger partial charge in [0.2, 0.25) is 0 Å². The Hall–Kier alpha value is -1.75. The predicted octanol–water partition coefficient (Wildman–Crippen LogP) is 3.17. The van der Waals surface area contributed by atoms with Gasteiger partial charge in [0.25, 0.3) is 0 Å². The predicted molar refractivity (Wildman–Crippen MR) is 65.9 cm³/mol. The second kappa shape index (κ2) is 3.38. The number of fused-ring (bicyclic) bond motifs is 1. The summed E-state index contributed by atoms with van der Waals surface area (Å²) in [6.45, 7) is 0. The SMILES string of the molecule is Nc1cc(-c2cccc3c(Br)c[nH]c23)on1. The monoisotopic (exact) mass is 277 g/mol. The third kappa shape index (κ3) is 1.32. The number of benzene rings is 1. The van der Waals surface area contributed by atoms with Crippen LogP contribution in [0.5, 0.6) is 0 Å². The summed E-state index contributed by atoms with van der Waals surface area (Å²) < 4.78 is 6.18. The molecule has 0 spiro atoms. The van der Waals surface area contributed by atoms with Gasteiger partial charge in [-0.2, -0.15) is 0 Å². The van der Waals surface area contributed by atoms with Gasteiger partial charge < -0.3 is 15.2 Å². The van der Waals surface area contributed by atoms with Crippen molar-refractivity contribution in [3.8, 4) is 11.3 Å². The molecule has 2 aromatic heterocycles. The average Bonchev–Trinajstić information content (AvgIpc) is 2.86. The Morgan fingerprint density at radius 3 is 3.00 bits per heavy atom. The average molecular weight is 278 g/mol. The van der Waals surface area contributed by atoms with E-state index >= 15 is 0 Å². The van der Waals surface area contributed by atoms with Crippen LogP contribution in [0, 0.1) is 0 Å². The summed E-state index contributed by atoms with van der Waals surface area (Å²) in [5.74, 6) is 1.05. The fourth-order valence-corrected chi connectivity index (χ4v) is 2.19. The van der Waals surface area contributed by atoms with Crippen LogP contribution in [0.15, 0.2) is 39.5 Å². The van der Waals surface area contributed by atoms with Crippen molar-refractivity contribution in [2.24, 2.45) is 0 Å². The minimum absolute atomic E-state index is 0.387. The first-order valence-corrected chi connectivity index (χ1v) is 5.53. The minimum Gasteiger partial charge on any atom is -0.381 e. The molecular weight excluding hydrogens is 270 g/mol. The number of para-hydroxylation sites is 1. The highest BCUT2D eigenvalue weighted by molar-refractivity contribution is 9.10. The van der Waals surface area contributed by atoms with Gasteiger partial charge in [-0.1, -0.05) is 17.3 Å². The lowest BCUT2D eigenvalue weighted by Crippen LogP contribution is -1.80. The molecule has 80 valence electrons. The van der Waals surface area contributed by atoms with Gasteiger partial charge in [0, 0.05) is 27.7 Å². The maximum absolute atomic E-state index is 5.54. The van der Waals surface area contributed by atoms with Crippen molar-refractivity contribution in [1.29, 1.82) is 0 Å². The van der Waals surface area contributed by atoms with E-state index in [0.717, 1.165) is 20.9 Å². The van der Waals surface area contributed by atoms with E-state index < -0.39 is 0 Å². The maximum Gasteiger partial charge on any atom is 0.171 e. The van der Waals surface area contributed by atoms with Crippen molar-refractivity contribution in [2.45, 2.75) is 0 Å². The third-order valence-corrected chi connectivity index (χ3v) is 3.11. The summed E-state index contributed by atoms with van der Waals surface area (Å²) in [4.78, 5) is 3.19. The Morgan fingerprint density at radius 1 is 1.38 bits per heavy atom. The van der Waals surface area contributed by atoms with Gasteiger partial charge in [0.15, 0.2) is 11.6 Å². The number of aromatic nitrogens is 2. The van der Waals surface area contributed by atoms with Crippen LogP contribution >= 0.6 is 15.9 Å². The molecule has 3 aromatic rings. The smallest absolute Gasteiger partial charge is 0.171 e. The molecule has 4 nitrogen and oxygen atoms in total. The van der Waals surface area contributed by atoms with E-state index in [2.05, 4.69) is 26.1 Å². The van der Waals surface area contributed by atoms with E-state index in [0.29, 0.717) is 11.6 Å². The van der Waals surface area contributed by atoms with Crippen LogP contribution in [0.25, 0.3) is 22.2 Å². The summed E-state index contributed by atoms with van der Waals surface area (Å²) in [5.41, 5.74) is 7.50. The maximum atomic E-state index is 5.54. The Bertz CT molecular complexity index is 656. The zero-order chi connectivity index (χ0) is 11.1. The first kappa shape index (κ1) is 9.47. The lowest BCUT2D eigenvalue weighted by Gasteiger charge is -1.97. The number of nitrogens with two attached hydrogens (primary N) is 1.